The van der Waals surface area contributed by atoms with Crippen molar-refractivity contribution in [2.45, 2.75) is 13.5 Å². The lowest BCUT2D eigenvalue weighted by atomic mass is 10.1. The lowest BCUT2D eigenvalue weighted by Crippen LogP contribution is -2.07. The molecule has 0 aliphatic heterocycles. The summed E-state index contributed by atoms with van der Waals surface area (Å²) in [5, 5.41) is 9.07. The molecular weight excluding hydrogens is 226 g/mol. The minimum Gasteiger partial charge on any atom is -0.325 e. The van der Waals surface area contributed by atoms with Crippen LogP contribution in [0.25, 0.3) is 16.6 Å². The largest absolute Gasteiger partial charge is 0.325 e. The molecule has 0 atom stereocenters. The number of para-hydroxylation sites is 1. The van der Waals surface area contributed by atoms with Crippen molar-refractivity contribution in [1.29, 1.82) is 0 Å². The Kier molecular flexibility index (Phi) is 2.53. The quantitative estimate of drug-likeness (QED) is 0.737. The summed E-state index contributed by atoms with van der Waals surface area (Å²) in [6.07, 6.45) is 1.68. The molecule has 0 saturated heterocycles. The van der Waals surface area contributed by atoms with Crippen LogP contribution in [0.4, 0.5) is 0 Å². The van der Waals surface area contributed by atoms with Gasteiger partial charge in [-0.15, -0.1) is 5.10 Å². The number of hydrogen-bond donors (Lipinski definition) is 1. The summed E-state index contributed by atoms with van der Waals surface area (Å²) in [5.41, 5.74) is 9.35. The Morgan fingerprint density at radius 2 is 2.11 bits per heavy atom. The highest BCUT2D eigenvalue weighted by Gasteiger charge is 2.09. The van der Waals surface area contributed by atoms with Gasteiger partial charge in [0.25, 0.3) is 0 Å². The lowest BCUT2D eigenvalue weighted by Gasteiger charge is -2.08. The van der Waals surface area contributed by atoms with Crippen LogP contribution in [0.1, 0.15) is 11.4 Å². The number of hydrogen-bond acceptors (Lipinski definition) is 4. The molecular formula is C13H13N5. The Morgan fingerprint density at radius 1 is 1.22 bits per heavy atom. The Balaban J connectivity index is 2.32. The van der Waals surface area contributed by atoms with Gasteiger partial charge in [0.05, 0.1) is 23.1 Å². The molecule has 90 valence electrons. The first-order valence-electron chi connectivity index (χ1n) is 5.76. The van der Waals surface area contributed by atoms with Crippen molar-refractivity contribution in [2.24, 2.45) is 5.73 Å². The molecule has 0 saturated carbocycles. The van der Waals surface area contributed by atoms with Gasteiger partial charge < -0.3 is 5.73 Å². The Hall–Kier alpha value is -2.27. The number of fused-ring (bicyclic) bond motifs is 1. The van der Waals surface area contributed by atoms with Crippen molar-refractivity contribution in [3.63, 3.8) is 0 Å². The molecule has 3 aromatic rings. The monoisotopic (exact) mass is 239 g/mol. The molecule has 5 heteroatoms. The zero-order valence-corrected chi connectivity index (χ0v) is 10.0. The summed E-state index contributed by atoms with van der Waals surface area (Å²) in [5.74, 6) is 0. The zero-order chi connectivity index (χ0) is 12.5. The number of aromatic nitrogens is 4. The predicted octanol–water partition coefficient (Wildman–Crippen LogP) is 1.58. The van der Waals surface area contributed by atoms with Gasteiger partial charge in [-0.05, 0) is 19.1 Å². The highest BCUT2D eigenvalue weighted by atomic mass is 15.4. The smallest absolute Gasteiger partial charge is 0.0962 e. The van der Waals surface area contributed by atoms with Crippen molar-refractivity contribution >= 4 is 10.9 Å². The van der Waals surface area contributed by atoms with Crippen LogP contribution in [-0.4, -0.2) is 20.0 Å². The second-order valence-corrected chi connectivity index (χ2v) is 4.14. The summed E-state index contributed by atoms with van der Waals surface area (Å²) < 4.78 is 1.74. The van der Waals surface area contributed by atoms with E-state index in [4.69, 9.17) is 5.73 Å². The van der Waals surface area contributed by atoms with E-state index >= 15 is 0 Å². The van der Waals surface area contributed by atoms with E-state index in [1.165, 1.54) is 0 Å². The van der Waals surface area contributed by atoms with Gasteiger partial charge in [0.15, 0.2) is 0 Å². The Morgan fingerprint density at radius 3 is 2.94 bits per heavy atom. The minimum atomic E-state index is 0.398. The van der Waals surface area contributed by atoms with E-state index in [-0.39, 0.29) is 0 Å². The average Bonchev–Trinajstić information content (AvgIpc) is 2.86. The molecule has 0 aliphatic carbocycles. The summed E-state index contributed by atoms with van der Waals surface area (Å²) in [6, 6.07) is 10.0. The highest BCUT2D eigenvalue weighted by molar-refractivity contribution is 5.86. The van der Waals surface area contributed by atoms with Crippen molar-refractivity contribution in [1.82, 2.24) is 20.0 Å². The fourth-order valence-corrected chi connectivity index (χ4v) is 2.00. The summed E-state index contributed by atoms with van der Waals surface area (Å²) in [6.45, 7) is 2.37. The number of rotatable bonds is 2. The van der Waals surface area contributed by atoms with Crippen molar-refractivity contribution in [3.8, 4) is 5.69 Å². The molecule has 18 heavy (non-hydrogen) atoms. The van der Waals surface area contributed by atoms with Gasteiger partial charge >= 0.3 is 0 Å². The molecule has 0 bridgehead atoms. The predicted molar refractivity (Wildman–Crippen MR) is 69.3 cm³/mol. The molecule has 0 unspecified atom stereocenters. The van der Waals surface area contributed by atoms with Crippen LogP contribution < -0.4 is 5.73 Å². The fraction of sp³-hybridized carbons (Fsp3) is 0.154. The van der Waals surface area contributed by atoms with Crippen LogP contribution in [0.15, 0.2) is 36.5 Å². The van der Waals surface area contributed by atoms with Crippen LogP contribution in [-0.2, 0) is 6.54 Å². The highest BCUT2D eigenvalue weighted by Crippen LogP contribution is 2.21. The molecule has 2 heterocycles. The molecule has 3 rings (SSSR count). The Bertz CT molecular complexity index is 701. The molecule has 2 N–H and O–H groups in total. The first kappa shape index (κ1) is 10.9. The van der Waals surface area contributed by atoms with Gasteiger partial charge in [-0.25, -0.2) is 4.68 Å². The first-order chi connectivity index (χ1) is 8.79. The van der Waals surface area contributed by atoms with E-state index in [0.29, 0.717) is 6.54 Å². The third-order valence-electron chi connectivity index (χ3n) is 2.90. The van der Waals surface area contributed by atoms with Gasteiger partial charge in [0.2, 0.25) is 0 Å². The van der Waals surface area contributed by atoms with E-state index in [1.54, 1.807) is 10.9 Å². The molecule has 0 spiro atoms. The summed E-state index contributed by atoms with van der Waals surface area (Å²) in [7, 11) is 0. The Labute approximate surface area is 104 Å². The third kappa shape index (κ3) is 1.65. The van der Waals surface area contributed by atoms with E-state index in [9.17, 15) is 0 Å². The van der Waals surface area contributed by atoms with Crippen molar-refractivity contribution in [3.05, 3.63) is 47.9 Å². The zero-order valence-electron chi connectivity index (χ0n) is 10.0. The van der Waals surface area contributed by atoms with Crippen molar-refractivity contribution in [2.75, 3.05) is 0 Å². The van der Waals surface area contributed by atoms with Gasteiger partial charge in [0, 0.05) is 17.6 Å². The van der Waals surface area contributed by atoms with Gasteiger partial charge in [-0.3, -0.25) is 4.98 Å². The molecule has 5 nitrogen and oxygen atoms in total. The number of benzene rings is 1. The van der Waals surface area contributed by atoms with Crippen LogP contribution in [0.3, 0.4) is 0 Å². The van der Waals surface area contributed by atoms with Crippen LogP contribution >= 0.6 is 0 Å². The maximum atomic E-state index is 5.69. The summed E-state index contributed by atoms with van der Waals surface area (Å²) in [4.78, 5) is 4.58. The minimum absolute atomic E-state index is 0.398. The van der Waals surface area contributed by atoms with Crippen LogP contribution in [0, 0.1) is 6.92 Å². The standard InChI is InChI=1S/C13H13N5/c1-9-5-6-10-3-2-4-12(13(10)16-9)18-11(7-14)8-15-17-18/h2-6,8H,7,14H2,1H3. The molecule has 0 aliphatic rings. The molecule has 0 fully saturated rings. The maximum Gasteiger partial charge on any atom is 0.0962 e. The summed E-state index contributed by atoms with van der Waals surface area (Å²) >= 11 is 0. The van der Waals surface area contributed by atoms with Crippen molar-refractivity contribution < 1.29 is 0 Å². The fourth-order valence-electron chi connectivity index (χ4n) is 2.00. The van der Waals surface area contributed by atoms with Gasteiger partial charge in [-0.2, -0.15) is 0 Å². The molecule has 0 amide bonds. The van der Waals surface area contributed by atoms with E-state index in [0.717, 1.165) is 28.0 Å². The number of nitrogens with zero attached hydrogens (tertiary/aromatic N) is 4. The number of pyridine rings is 1. The molecule has 0 radical (unpaired) electrons. The third-order valence-corrected chi connectivity index (χ3v) is 2.90. The van der Waals surface area contributed by atoms with Gasteiger partial charge in [-0.1, -0.05) is 23.4 Å². The lowest BCUT2D eigenvalue weighted by molar-refractivity contribution is 0.764. The topological polar surface area (TPSA) is 69.6 Å². The number of aryl methyl sites for hydroxylation is 1. The van der Waals surface area contributed by atoms with E-state index in [2.05, 4.69) is 21.4 Å². The SMILES string of the molecule is Cc1ccc2cccc(-n3nncc3CN)c2n1. The van der Waals surface area contributed by atoms with Gasteiger partial charge in [0.1, 0.15) is 0 Å². The second-order valence-electron chi connectivity index (χ2n) is 4.14. The van der Waals surface area contributed by atoms with Crippen LogP contribution in [0.2, 0.25) is 0 Å². The van der Waals surface area contributed by atoms with Crippen LogP contribution in [0.5, 0.6) is 0 Å². The average molecular weight is 239 g/mol. The molecule has 2 aromatic heterocycles. The maximum absolute atomic E-state index is 5.69. The second kappa shape index (κ2) is 4.19. The number of nitrogens with two attached hydrogens (primary N) is 1. The van der Waals surface area contributed by atoms with E-state index < -0.39 is 0 Å². The first-order valence-corrected chi connectivity index (χ1v) is 5.76. The normalized spacial score (nSPS) is 11.0. The molecule has 1 aromatic carbocycles. The van der Waals surface area contributed by atoms with E-state index in [1.807, 2.05) is 31.2 Å².